The molecule has 1 aromatic carbocycles. The van der Waals surface area contributed by atoms with Gasteiger partial charge >= 0.3 is 6.03 Å². The van der Waals surface area contributed by atoms with Gasteiger partial charge in [0.25, 0.3) is 0 Å². The van der Waals surface area contributed by atoms with Crippen LogP contribution in [0.3, 0.4) is 0 Å². The number of aliphatic hydroxyl groups excluding tert-OH is 1. The van der Waals surface area contributed by atoms with Crippen LogP contribution in [0.15, 0.2) is 18.2 Å². The largest absolute Gasteiger partial charge is 0.389 e. The van der Waals surface area contributed by atoms with Crippen molar-refractivity contribution < 1.29 is 23.4 Å². The minimum Gasteiger partial charge on any atom is -0.389 e. The highest BCUT2D eigenvalue weighted by Crippen LogP contribution is 2.16. The molecule has 0 radical (unpaired) electrons. The first-order valence-electron chi connectivity index (χ1n) is 6.64. The Labute approximate surface area is 122 Å². The van der Waals surface area contributed by atoms with Gasteiger partial charge in [-0.25, -0.2) is 13.6 Å². The van der Waals surface area contributed by atoms with Crippen molar-refractivity contribution >= 4 is 11.7 Å². The summed E-state index contributed by atoms with van der Waals surface area (Å²) in [6.07, 6.45) is -0.869. The second-order valence-corrected chi connectivity index (χ2v) is 5.02. The number of amides is 2. The molecule has 2 amide bonds. The number of nitrogens with one attached hydrogen (secondary N) is 2. The summed E-state index contributed by atoms with van der Waals surface area (Å²) in [5, 5.41) is 14.1. The second kappa shape index (κ2) is 8.53. The van der Waals surface area contributed by atoms with Crippen LogP contribution in [0.5, 0.6) is 0 Å². The molecule has 118 valence electrons. The molecule has 0 aromatic heterocycles. The number of carbonyl (C=O) groups excluding carboxylic acids is 1. The molecule has 21 heavy (non-hydrogen) atoms. The van der Waals surface area contributed by atoms with Crippen LogP contribution in [0, 0.1) is 17.6 Å². The first-order valence-corrected chi connectivity index (χ1v) is 6.64. The van der Waals surface area contributed by atoms with Gasteiger partial charge in [-0.15, -0.1) is 0 Å². The monoisotopic (exact) mass is 302 g/mol. The van der Waals surface area contributed by atoms with Crippen molar-refractivity contribution in [3.63, 3.8) is 0 Å². The van der Waals surface area contributed by atoms with Crippen LogP contribution < -0.4 is 10.6 Å². The van der Waals surface area contributed by atoms with Gasteiger partial charge in [0, 0.05) is 13.2 Å². The number of benzene rings is 1. The molecule has 7 heteroatoms. The van der Waals surface area contributed by atoms with E-state index in [0.29, 0.717) is 12.5 Å². The average molecular weight is 302 g/mol. The molecule has 1 aromatic rings. The number of halogens is 2. The Balaban J connectivity index is 2.32. The van der Waals surface area contributed by atoms with Gasteiger partial charge in [0.15, 0.2) is 11.6 Å². The van der Waals surface area contributed by atoms with Crippen molar-refractivity contribution in [3.8, 4) is 0 Å². The number of anilines is 1. The van der Waals surface area contributed by atoms with Gasteiger partial charge in [0.2, 0.25) is 0 Å². The maximum absolute atomic E-state index is 13.3. The van der Waals surface area contributed by atoms with E-state index in [0.717, 1.165) is 6.07 Å². The van der Waals surface area contributed by atoms with Crippen molar-refractivity contribution in [2.45, 2.75) is 20.0 Å². The van der Waals surface area contributed by atoms with Crippen molar-refractivity contribution in [1.82, 2.24) is 5.32 Å². The SMILES string of the molecule is CC(C)COCC(O)CNC(=O)Nc1cccc(F)c1F. The quantitative estimate of drug-likeness (QED) is 0.722. The number of ether oxygens (including phenoxy) is 1. The van der Waals surface area contributed by atoms with E-state index in [-0.39, 0.29) is 18.8 Å². The summed E-state index contributed by atoms with van der Waals surface area (Å²) in [7, 11) is 0. The zero-order valence-corrected chi connectivity index (χ0v) is 12.0. The molecule has 3 N–H and O–H groups in total. The molecule has 0 fully saturated rings. The number of hydrogen-bond acceptors (Lipinski definition) is 3. The van der Waals surface area contributed by atoms with Gasteiger partial charge in [0.05, 0.1) is 18.4 Å². The highest BCUT2D eigenvalue weighted by molar-refractivity contribution is 5.89. The van der Waals surface area contributed by atoms with E-state index in [4.69, 9.17) is 4.74 Å². The maximum atomic E-state index is 13.3. The van der Waals surface area contributed by atoms with Gasteiger partial charge in [-0.2, -0.15) is 0 Å². The van der Waals surface area contributed by atoms with Gasteiger partial charge in [0.1, 0.15) is 0 Å². The Morgan fingerprint density at radius 3 is 2.71 bits per heavy atom. The molecule has 0 spiro atoms. The Morgan fingerprint density at radius 1 is 1.33 bits per heavy atom. The zero-order chi connectivity index (χ0) is 15.8. The number of rotatable bonds is 7. The lowest BCUT2D eigenvalue weighted by molar-refractivity contribution is 0.0274. The molecule has 0 saturated heterocycles. The number of hydrogen-bond donors (Lipinski definition) is 3. The Bertz CT molecular complexity index is 470. The predicted molar refractivity (Wildman–Crippen MR) is 75.0 cm³/mol. The van der Waals surface area contributed by atoms with Crippen molar-refractivity contribution in [1.29, 1.82) is 0 Å². The van der Waals surface area contributed by atoms with Gasteiger partial charge in [-0.3, -0.25) is 0 Å². The van der Waals surface area contributed by atoms with Crippen LogP contribution in [0.25, 0.3) is 0 Å². The summed E-state index contributed by atoms with van der Waals surface area (Å²) in [5.41, 5.74) is -0.266. The van der Waals surface area contributed by atoms with Crippen LogP contribution in [0.4, 0.5) is 19.3 Å². The second-order valence-electron chi connectivity index (χ2n) is 5.02. The van der Waals surface area contributed by atoms with Crippen LogP contribution in [0.1, 0.15) is 13.8 Å². The molecule has 0 aliphatic heterocycles. The number of urea groups is 1. The summed E-state index contributed by atoms with van der Waals surface area (Å²) in [6.45, 7) is 4.50. The van der Waals surface area contributed by atoms with E-state index in [1.54, 1.807) is 0 Å². The van der Waals surface area contributed by atoms with Gasteiger partial charge in [-0.1, -0.05) is 19.9 Å². The van der Waals surface area contributed by atoms with E-state index in [1.165, 1.54) is 12.1 Å². The molecule has 1 atom stereocenters. The Hall–Kier alpha value is -1.73. The number of carbonyl (C=O) groups is 1. The summed E-state index contributed by atoms with van der Waals surface area (Å²) in [5.74, 6) is -1.83. The van der Waals surface area contributed by atoms with Crippen LogP contribution in [-0.2, 0) is 4.74 Å². The minimum atomic E-state index is -1.13. The van der Waals surface area contributed by atoms with E-state index >= 15 is 0 Å². The lowest BCUT2D eigenvalue weighted by Crippen LogP contribution is -2.37. The molecular formula is C14H20F2N2O3. The fourth-order valence-corrected chi connectivity index (χ4v) is 1.48. The highest BCUT2D eigenvalue weighted by atomic mass is 19.2. The van der Waals surface area contributed by atoms with Gasteiger partial charge < -0.3 is 20.5 Å². The first kappa shape index (κ1) is 17.3. The molecule has 0 aliphatic carbocycles. The predicted octanol–water partition coefficient (Wildman–Crippen LogP) is 2.12. The third-order valence-corrected chi connectivity index (χ3v) is 2.46. The standard InChI is InChI=1S/C14H20F2N2O3/c1-9(2)7-21-8-10(19)6-17-14(20)18-12-5-3-4-11(15)13(12)16/h3-5,9-10,19H,6-8H2,1-2H3,(H2,17,18,20). The molecule has 0 bridgehead atoms. The lowest BCUT2D eigenvalue weighted by atomic mass is 10.2. The van der Waals surface area contributed by atoms with Crippen LogP contribution in [0.2, 0.25) is 0 Å². The van der Waals surface area contributed by atoms with Crippen molar-refractivity contribution in [2.24, 2.45) is 5.92 Å². The Morgan fingerprint density at radius 2 is 2.05 bits per heavy atom. The van der Waals surface area contributed by atoms with Gasteiger partial charge in [-0.05, 0) is 18.1 Å². The maximum Gasteiger partial charge on any atom is 0.319 e. The first-order chi connectivity index (χ1) is 9.90. The fraction of sp³-hybridized carbons (Fsp3) is 0.500. The van der Waals surface area contributed by atoms with E-state index in [9.17, 15) is 18.7 Å². The smallest absolute Gasteiger partial charge is 0.319 e. The van der Waals surface area contributed by atoms with E-state index < -0.39 is 23.8 Å². The van der Waals surface area contributed by atoms with Crippen molar-refractivity contribution in [3.05, 3.63) is 29.8 Å². The highest BCUT2D eigenvalue weighted by Gasteiger charge is 2.12. The Kier molecular flexibility index (Phi) is 7.04. The van der Waals surface area contributed by atoms with Crippen LogP contribution in [-0.4, -0.2) is 37.0 Å². The lowest BCUT2D eigenvalue weighted by Gasteiger charge is -2.14. The minimum absolute atomic E-state index is 0.0547. The number of aliphatic hydroxyl groups is 1. The summed E-state index contributed by atoms with van der Waals surface area (Å²) >= 11 is 0. The molecule has 1 rings (SSSR count). The average Bonchev–Trinajstić information content (AvgIpc) is 2.41. The third kappa shape index (κ3) is 6.50. The van der Waals surface area contributed by atoms with E-state index in [2.05, 4.69) is 10.6 Å². The van der Waals surface area contributed by atoms with E-state index in [1.807, 2.05) is 13.8 Å². The summed E-state index contributed by atoms with van der Waals surface area (Å²) in [6, 6.07) is 2.74. The fourth-order valence-electron chi connectivity index (χ4n) is 1.48. The molecule has 0 saturated carbocycles. The summed E-state index contributed by atoms with van der Waals surface area (Å²) in [4.78, 5) is 11.5. The molecule has 1 unspecified atom stereocenters. The molecule has 0 heterocycles. The normalized spacial score (nSPS) is 12.3. The zero-order valence-electron chi connectivity index (χ0n) is 12.0. The van der Waals surface area contributed by atoms with Crippen LogP contribution >= 0.6 is 0 Å². The molecular weight excluding hydrogens is 282 g/mol. The summed E-state index contributed by atoms with van der Waals surface area (Å²) < 4.78 is 31.5. The molecule has 0 aliphatic rings. The third-order valence-electron chi connectivity index (χ3n) is 2.46. The topological polar surface area (TPSA) is 70.6 Å². The van der Waals surface area contributed by atoms with Crippen molar-refractivity contribution in [2.75, 3.05) is 25.1 Å². The molecule has 5 nitrogen and oxygen atoms in total.